The molecule has 1 aromatic rings. The Hall–Kier alpha value is -1.73. The van der Waals surface area contributed by atoms with Gasteiger partial charge in [-0.3, -0.25) is 15.0 Å². The third-order valence-corrected chi connectivity index (χ3v) is 3.36. The molecule has 1 aliphatic heterocycles. The van der Waals surface area contributed by atoms with Crippen LogP contribution in [0, 0.1) is 0 Å². The highest BCUT2D eigenvalue weighted by molar-refractivity contribution is 7.81. The molecular weight excluding hydrogens is 282 g/mol. The fraction of sp³-hybridized carbons (Fsp3) is 0.250. The Morgan fingerprint density at radius 2 is 2.11 bits per heavy atom. The van der Waals surface area contributed by atoms with Crippen LogP contribution in [-0.2, 0) is 0 Å². The van der Waals surface area contributed by atoms with Crippen molar-refractivity contribution in [2.75, 3.05) is 20.2 Å². The van der Waals surface area contributed by atoms with Gasteiger partial charge in [0.25, 0.3) is 5.91 Å². The molecule has 0 atom stereocenters. The van der Waals surface area contributed by atoms with Gasteiger partial charge in [-0.15, -0.1) is 0 Å². The number of hydrogen-bond acceptors (Lipinski definition) is 4. The number of ether oxygens (including phenoxy) is 1. The second-order valence-corrected chi connectivity index (χ2v) is 4.64. The SMILES string of the molecule is COc1ccc(C(=O)NC(=S)N2CCNC2=S)cc1. The van der Waals surface area contributed by atoms with Crippen LogP contribution in [0.1, 0.15) is 10.4 Å². The molecule has 19 heavy (non-hydrogen) atoms. The Morgan fingerprint density at radius 1 is 1.42 bits per heavy atom. The van der Waals surface area contributed by atoms with Crippen LogP contribution in [0.2, 0.25) is 0 Å². The highest BCUT2D eigenvalue weighted by Crippen LogP contribution is 2.11. The molecule has 7 heteroatoms. The predicted octanol–water partition coefficient (Wildman–Crippen LogP) is 0.900. The number of thiocarbonyl (C=S) groups is 2. The van der Waals surface area contributed by atoms with Gasteiger partial charge in [-0.25, -0.2) is 0 Å². The molecule has 0 spiro atoms. The number of carbonyl (C=O) groups is 1. The molecule has 100 valence electrons. The Kier molecular flexibility index (Phi) is 4.28. The zero-order chi connectivity index (χ0) is 13.8. The monoisotopic (exact) mass is 295 g/mol. The molecule has 1 amide bonds. The van der Waals surface area contributed by atoms with E-state index in [2.05, 4.69) is 10.6 Å². The first kappa shape index (κ1) is 13.7. The molecule has 0 saturated carbocycles. The number of nitrogens with zero attached hydrogens (tertiary/aromatic N) is 1. The van der Waals surface area contributed by atoms with Gasteiger partial charge in [-0.2, -0.15) is 0 Å². The van der Waals surface area contributed by atoms with Crippen LogP contribution in [0.5, 0.6) is 5.75 Å². The Balaban J connectivity index is 2.00. The number of benzene rings is 1. The second-order valence-electron chi connectivity index (χ2n) is 3.87. The van der Waals surface area contributed by atoms with E-state index in [9.17, 15) is 4.79 Å². The lowest BCUT2D eigenvalue weighted by atomic mass is 10.2. The summed E-state index contributed by atoms with van der Waals surface area (Å²) in [6, 6.07) is 6.80. The van der Waals surface area contributed by atoms with E-state index in [4.69, 9.17) is 29.2 Å². The largest absolute Gasteiger partial charge is 0.497 e. The third-order valence-electron chi connectivity index (χ3n) is 2.67. The van der Waals surface area contributed by atoms with E-state index >= 15 is 0 Å². The maximum atomic E-state index is 12.0. The molecule has 0 aromatic heterocycles. The summed E-state index contributed by atoms with van der Waals surface area (Å²) in [5.74, 6) is 0.436. The van der Waals surface area contributed by atoms with Gasteiger partial charge in [0.2, 0.25) is 0 Å². The van der Waals surface area contributed by atoms with Crippen molar-refractivity contribution in [3.63, 3.8) is 0 Å². The first-order chi connectivity index (χ1) is 9.11. The molecule has 0 radical (unpaired) electrons. The van der Waals surface area contributed by atoms with E-state index in [1.54, 1.807) is 36.3 Å². The smallest absolute Gasteiger partial charge is 0.257 e. The minimum Gasteiger partial charge on any atom is -0.497 e. The van der Waals surface area contributed by atoms with E-state index in [1.165, 1.54) is 0 Å². The average Bonchev–Trinajstić information content (AvgIpc) is 2.85. The quantitative estimate of drug-likeness (QED) is 0.791. The van der Waals surface area contributed by atoms with Crippen molar-refractivity contribution in [1.82, 2.24) is 15.5 Å². The third kappa shape index (κ3) is 3.18. The van der Waals surface area contributed by atoms with Crippen LogP contribution >= 0.6 is 24.4 Å². The van der Waals surface area contributed by atoms with Gasteiger partial charge in [0.05, 0.1) is 7.11 Å². The first-order valence-electron chi connectivity index (χ1n) is 5.66. The fourth-order valence-corrected chi connectivity index (χ4v) is 2.26. The first-order valence-corrected chi connectivity index (χ1v) is 6.48. The molecule has 0 bridgehead atoms. The zero-order valence-corrected chi connectivity index (χ0v) is 11.9. The minimum atomic E-state index is -0.262. The molecule has 1 saturated heterocycles. The van der Waals surface area contributed by atoms with Gasteiger partial charge in [0, 0.05) is 18.7 Å². The van der Waals surface area contributed by atoms with Crippen molar-refractivity contribution in [2.24, 2.45) is 0 Å². The van der Waals surface area contributed by atoms with Crippen molar-refractivity contribution >= 4 is 40.6 Å². The molecule has 0 unspecified atom stereocenters. The van der Waals surface area contributed by atoms with E-state index in [1.807, 2.05) is 0 Å². The van der Waals surface area contributed by atoms with Crippen molar-refractivity contribution in [3.05, 3.63) is 29.8 Å². The number of nitrogens with one attached hydrogen (secondary N) is 2. The minimum absolute atomic E-state index is 0.262. The second kappa shape index (κ2) is 5.94. The summed E-state index contributed by atoms with van der Waals surface area (Å²) in [6.07, 6.45) is 0. The Morgan fingerprint density at radius 3 is 2.63 bits per heavy atom. The fourth-order valence-electron chi connectivity index (χ4n) is 1.64. The van der Waals surface area contributed by atoms with Crippen molar-refractivity contribution in [2.45, 2.75) is 0 Å². The number of carbonyl (C=O) groups excluding carboxylic acids is 1. The molecule has 2 N–H and O–H groups in total. The standard InChI is InChI=1S/C12H13N3O2S2/c1-17-9-4-2-8(3-5-9)10(16)14-12(19)15-7-6-13-11(15)18/h2-5H,6-7H2,1H3,(H,13,18)(H,14,16,19). The highest BCUT2D eigenvalue weighted by atomic mass is 32.1. The topological polar surface area (TPSA) is 53.6 Å². The Labute approximate surface area is 121 Å². The summed E-state index contributed by atoms with van der Waals surface area (Å²) in [5, 5.41) is 6.49. The van der Waals surface area contributed by atoms with Crippen LogP contribution in [0.25, 0.3) is 0 Å². The van der Waals surface area contributed by atoms with E-state index in [-0.39, 0.29) is 5.91 Å². The zero-order valence-electron chi connectivity index (χ0n) is 10.3. The van der Waals surface area contributed by atoms with Gasteiger partial charge in [-0.1, -0.05) is 0 Å². The van der Waals surface area contributed by atoms with Gasteiger partial charge in [0.1, 0.15) is 5.75 Å². The number of methoxy groups -OCH3 is 1. The molecular formula is C12H13N3O2S2. The molecule has 1 aliphatic rings. The maximum absolute atomic E-state index is 12.0. The van der Waals surface area contributed by atoms with Crippen molar-refractivity contribution in [1.29, 1.82) is 0 Å². The molecule has 0 aliphatic carbocycles. The van der Waals surface area contributed by atoms with Crippen LogP contribution in [0.3, 0.4) is 0 Å². The lowest BCUT2D eigenvalue weighted by Gasteiger charge is -2.17. The van der Waals surface area contributed by atoms with Crippen molar-refractivity contribution < 1.29 is 9.53 Å². The lowest BCUT2D eigenvalue weighted by Crippen LogP contribution is -2.44. The van der Waals surface area contributed by atoms with Gasteiger partial charge in [-0.05, 0) is 48.7 Å². The summed E-state index contributed by atoms with van der Waals surface area (Å²) in [6.45, 7) is 1.40. The molecule has 2 rings (SSSR count). The molecule has 1 heterocycles. The number of rotatable bonds is 2. The highest BCUT2D eigenvalue weighted by Gasteiger charge is 2.21. The summed E-state index contributed by atoms with van der Waals surface area (Å²) in [4.78, 5) is 13.7. The van der Waals surface area contributed by atoms with Crippen LogP contribution in [-0.4, -0.2) is 41.2 Å². The van der Waals surface area contributed by atoms with Gasteiger partial charge >= 0.3 is 0 Å². The summed E-state index contributed by atoms with van der Waals surface area (Å²) < 4.78 is 5.03. The predicted molar refractivity (Wildman–Crippen MR) is 80.4 cm³/mol. The molecule has 1 fully saturated rings. The molecule has 5 nitrogen and oxygen atoms in total. The number of amides is 1. The average molecular weight is 295 g/mol. The lowest BCUT2D eigenvalue weighted by molar-refractivity contribution is 0.0975. The maximum Gasteiger partial charge on any atom is 0.257 e. The summed E-state index contributed by atoms with van der Waals surface area (Å²) in [7, 11) is 1.57. The summed E-state index contributed by atoms with van der Waals surface area (Å²) >= 11 is 10.2. The van der Waals surface area contributed by atoms with E-state index < -0.39 is 0 Å². The summed E-state index contributed by atoms with van der Waals surface area (Å²) in [5.41, 5.74) is 0.515. The molecule has 1 aromatic carbocycles. The Bertz CT molecular complexity index is 516. The van der Waals surface area contributed by atoms with E-state index in [0.717, 1.165) is 6.54 Å². The van der Waals surface area contributed by atoms with Crippen LogP contribution < -0.4 is 15.4 Å². The van der Waals surface area contributed by atoms with Gasteiger partial charge in [0.15, 0.2) is 10.2 Å². The van der Waals surface area contributed by atoms with Gasteiger partial charge < -0.3 is 10.1 Å². The van der Waals surface area contributed by atoms with Crippen molar-refractivity contribution in [3.8, 4) is 5.75 Å². The normalized spacial score (nSPS) is 13.9. The van der Waals surface area contributed by atoms with Crippen LogP contribution in [0.4, 0.5) is 0 Å². The van der Waals surface area contributed by atoms with Crippen LogP contribution in [0.15, 0.2) is 24.3 Å². The van der Waals surface area contributed by atoms with E-state index in [0.29, 0.717) is 28.1 Å². The number of hydrogen-bond donors (Lipinski definition) is 2.